The Bertz CT molecular complexity index is 415. The van der Waals surface area contributed by atoms with E-state index in [9.17, 15) is 13.6 Å². The Hall–Kier alpha value is -0.310. The number of alkyl halides is 3. The number of nitrogens with zero attached hydrogens (tertiary/aromatic N) is 1. The Kier molecular flexibility index (Phi) is 5.03. The quantitative estimate of drug-likeness (QED) is 0.335. The van der Waals surface area contributed by atoms with Crippen LogP contribution in [0.3, 0.4) is 0 Å². The number of carbonyl (C=O) groups is 1. The normalized spacial score (nSPS) is 10.6. The lowest BCUT2D eigenvalue weighted by atomic mass is 10.1. The number of aromatic nitrogens is 1. The first-order valence-corrected chi connectivity index (χ1v) is 6.33. The van der Waals surface area contributed by atoms with Crippen LogP contribution >= 0.6 is 38.5 Å². The summed E-state index contributed by atoms with van der Waals surface area (Å²) in [6, 6.07) is 1.31. The zero-order chi connectivity index (χ0) is 12.3. The number of hydrogen-bond acceptors (Lipinski definition) is 3. The molecule has 1 aromatic rings. The summed E-state index contributed by atoms with van der Waals surface area (Å²) in [4.78, 5) is 15.3. The van der Waals surface area contributed by atoms with Crippen LogP contribution in [0, 0.1) is 3.70 Å². The second-order valence-electron chi connectivity index (χ2n) is 2.79. The molecule has 0 aliphatic heterocycles. The lowest BCUT2D eigenvalue weighted by Gasteiger charge is -2.10. The first-order chi connectivity index (χ1) is 7.51. The van der Waals surface area contributed by atoms with E-state index in [2.05, 4.69) is 25.7 Å². The van der Waals surface area contributed by atoms with E-state index in [1.54, 1.807) is 22.6 Å². The van der Waals surface area contributed by atoms with Gasteiger partial charge in [0.05, 0.1) is 23.9 Å². The van der Waals surface area contributed by atoms with Gasteiger partial charge in [0.2, 0.25) is 0 Å². The van der Waals surface area contributed by atoms with Crippen molar-refractivity contribution in [2.75, 3.05) is 7.11 Å². The van der Waals surface area contributed by atoms with Crippen molar-refractivity contribution in [2.45, 2.75) is 11.8 Å². The van der Waals surface area contributed by atoms with Gasteiger partial charge >= 0.3 is 5.97 Å². The Morgan fingerprint density at radius 2 is 2.31 bits per heavy atom. The van der Waals surface area contributed by atoms with E-state index in [1.807, 2.05) is 0 Å². The maximum absolute atomic E-state index is 12.8. The fourth-order valence-electron chi connectivity index (χ4n) is 1.13. The highest BCUT2D eigenvalue weighted by Crippen LogP contribution is 2.28. The van der Waals surface area contributed by atoms with Crippen molar-refractivity contribution in [3.63, 3.8) is 0 Å². The predicted molar refractivity (Wildman–Crippen MR) is 65.9 cm³/mol. The third kappa shape index (κ3) is 2.88. The Balaban J connectivity index is 3.40. The van der Waals surface area contributed by atoms with Gasteiger partial charge in [0.1, 0.15) is 3.70 Å². The number of carbonyl (C=O) groups excluding carboxylic acids is 1. The molecule has 0 aromatic carbocycles. The first-order valence-electron chi connectivity index (χ1n) is 4.13. The van der Waals surface area contributed by atoms with Crippen molar-refractivity contribution in [3.8, 4) is 0 Å². The van der Waals surface area contributed by atoms with E-state index in [0.29, 0.717) is 11.0 Å². The predicted octanol–water partition coefficient (Wildman–Crippen LogP) is 3.31. The third-order valence-electron chi connectivity index (χ3n) is 1.83. The van der Waals surface area contributed by atoms with Crippen LogP contribution in [0.1, 0.15) is 28.0 Å². The molecule has 0 amide bonds. The van der Waals surface area contributed by atoms with E-state index in [-0.39, 0.29) is 14.8 Å². The molecular weight excluding hydrogens is 399 g/mol. The molecule has 1 heterocycles. The van der Waals surface area contributed by atoms with Gasteiger partial charge in [-0.2, -0.15) is 0 Å². The highest BCUT2D eigenvalue weighted by molar-refractivity contribution is 14.1. The molecule has 0 aliphatic rings. The zero-order valence-electron chi connectivity index (χ0n) is 8.14. The second kappa shape index (κ2) is 5.85. The summed E-state index contributed by atoms with van der Waals surface area (Å²) >= 11 is 4.83. The van der Waals surface area contributed by atoms with Gasteiger partial charge < -0.3 is 4.74 Å². The topological polar surface area (TPSA) is 39.2 Å². The molecule has 7 heteroatoms. The fourth-order valence-corrected chi connectivity index (χ4v) is 2.25. The molecule has 0 N–H and O–H groups in total. The van der Waals surface area contributed by atoms with Crippen molar-refractivity contribution in [3.05, 3.63) is 26.6 Å². The highest BCUT2D eigenvalue weighted by Gasteiger charge is 2.23. The molecule has 16 heavy (non-hydrogen) atoms. The van der Waals surface area contributed by atoms with E-state index < -0.39 is 12.4 Å². The molecule has 3 nitrogen and oxygen atoms in total. The number of esters is 1. The van der Waals surface area contributed by atoms with Gasteiger partial charge in [-0.05, 0) is 28.7 Å². The standard InChI is InChI=1S/C9H7BrF2INO2/c1-16-9(15)5-2-4(3-10)14-8(13)6(5)7(11)12/h2,7H,3H2,1H3. The summed E-state index contributed by atoms with van der Waals surface area (Å²) in [6.07, 6.45) is -2.75. The van der Waals surface area contributed by atoms with Crippen molar-refractivity contribution in [2.24, 2.45) is 0 Å². The van der Waals surface area contributed by atoms with Crippen LogP contribution < -0.4 is 0 Å². The van der Waals surface area contributed by atoms with Gasteiger partial charge in [-0.25, -0.2) is 18.6 Å². The third-order valence-corrected chi connectivity index (χ3v) is 3.22. The Morgan fingerprint density at radius 1 is 1.69 bits per heavy atom. The number of rotatable bonds is 3. The van der Waals surface area contributed by atoms with E-state index in [0.717, 1.165) is 7.11 Å². The Morgan fingerprint density at radius 3 is 2.75 bits per heavy atom. The molecule has 1 aromatic heterocycles. The van der Waals surface area contributed by atoms with Crippen LogP contribution in [0.15, 0.2) is 6.07 Å². The van der Waals surface area contributed by atoms with Gasteiger partial charge in [-0.3, -0.25) is 0 Å². The summed E-state index contributed by atoms with van der Waals surface area (Å²) in [5.41, 5.74) is -0.00213. The summed E-state index contributed by atoms with van der Waals surface area (Å²) in [7, 11) is 1.15. The summed E-state index contributed by atoms with van der Waals surface area (Å²) in [6.45, 7) is 0. The van der Waals surface area contributed by atoms with E-state index >= 15 is 0 Å². The number of methoxy groups -OCH3 is 1. The molecule has 88 valence electrons. The fraction of sp³-hybridized carbons (Fsp3) is 0.333. The van der Waals surface area contributed by atoms with E-state index in [4.69, 9.17) is 0 Å². The lowest BCUT2D eigenvalue weighted by molar-refractivity contribution is 0.0588. The molecule has 0 aliphatic carbocycles. The Labute approximate surface area is 113 Å². The van der Waals surface area contributed by atoms with Gasteiger partial charge in [0.25, 0.3) is 6.43 Å². The minimum atomic E-state index is -2.75. The lowest BCUT2D eigenvalue weighted by Crippen LogP contribution is -2.10. The highest BCUT2D eigenvalue weighted by atomic mass is 127. The molecule has 0 unspecified atom stereocenters. The molecule has 0 spiro atoms. The molecular formula is C9H7BrF2INO2. The molecule has 0 bridgehead atoms. The van der Waals surface area contributed by atoms with Crippen LogP contribution in [0.4, 0.5) is 8.78 Å². The molecule has 0 saturated heterocycles. The van der Waals surface area contributed by atoms with Gasteiger partial charge in [0, 0.05) is 5.33 Å². The minimum absolute atomic E-state index is 0.116. The average molecular weight is 406 g/mol. The molecule has 1 rings (SSSR count). The number of ether oxygens (including phenoxy) is 1. The zero-order valence-corrected chi connectivity index (χ0v) is 11.9. The summed E-state index contributed by atoms with van der Waals surface area (Å²) in [5, 5.41) is 0.385. The largest absolute Gasteiger partial charge is 0.465 e. The van der Waals surface area contributed by atoms with Gasteiger partial charge in [-0.15, -0.1) is 0 Å². The molecule has 0 atom stereocenters. The van der Waals surface area contributed by atoms with Crippen molar-refractivity contribution in [1.29, 1.82) is 0 Å². The van der Waals surface area contributed by atoms with Crippen LogP contribution in [0.5, 0.6) is 0 Å². The molecule has 0 radical (unpaired) electrons. The van der Waals surface area contributed by atoms with Crippen molar-refractivity contribution >= 4 is 44.5 Å². The SMILES string of the molecule is COC(=O)c1cc(CBr)nc(I)c1C(F)F. The number of halogens is 4. The van der Waals surface area contributed by atoms with Crippen molar-refractivity contribution in [1.82, 2.24) is 4.98 Å². The van der Waals surface area contributed by atoms with Gasteiger partial charge in [0.15, 0.2) is 0 Å². The smallest absolute Gasteiger partial charge is 0.338 e. The van der Waals surface area contributed by atoms with Crippen molar-refractivity contribution < 1.29 is 18.3 Å². The number of hydrogen-bond donors (Lipinski definition) is 0. The van der Waals surface area contributed by atoms with Crippen LogP contribution in [-0.2, 0) is 10.1 Å². The minimum Gasteiger partial charge on any atom is -0.465 e. The molecule has 0 saturated carbocycles. The summed E-state index contributed by atoms with van der Waals surface area (Å²) in [5.74, 6) is -0.780. The average Bonchev–Trinajstić information content (AvgIpc) is 2.26. The van der Waals surface area contributed by atoms with Crippen LogP contribution in [0.2, 0.25) is 0 Å². The summed E-state index contributed by atoms with van der Waals surface area (Å²) < 4.78 is 30.1. The monoisotopic (exact) mass is 405 g/mol. The van der Waals surface area contributed by atoms with E-state index in [1.165, 1.54) is 6.07 Å². The first kappa shape index (κ1) is 13.8. The maximum Gasteiger partial charge on any atom is 0.338 e. The molecule has 0 fully saturated rings. The van der Waals surface area contributed by atoms with Crippen LogP contribution in [0.25, 0.3) is 0 Å². The maximum atomic E-state index is 12.8. The van der Waals surface area contributed by atoms with Crippen LogP contribution in [-0.4, -0.2) is 18.1 Å². The van der Waals surface area contributed by atoms with Gasteiger partial charge in [-0.1, -0.05) is 15.9 Å². The second-order valence-corrected chi connectivity index (χ2v) is 4.37. The number of pyridine rings is 1.